The summed E-state index contributed by atoms with van der Waals surface area (Å²) in [7, 11) is 0. The zero-order valence-electron chi connectivity index (χ0n) is 9.48. The molecule has 1 fully saturated rings. The summed E-state index contributed by atoms with van der Waals surface area (Å²) in [4.78, 5) is 13.1. The Morgan fingerprint density at radius 2 is 2.44 bits per heavy atom. The molecule has 1 unspecified atom stereocenters. The first kappa shape index (κ1) is 11.2. The summed E-state index contributed by atoms with van der Waals surface area (Å²) in [5.41, 5.74) is 0. The van der Waals surface area contributed by atoms with Gasteiger partial charge in [0, 0.05) is 6.54 Å². The number of hydrogen-bond donors (Lipinski definition) is 1. The molecule has 0 spiro atoms. The van der Waals surface area contributed by atoms with Crippen molar-refractivity contribution in [2.45, 2.75) is 26.3 Å². The van der Waals surface area contributed by atoms with Gasteiger partial charge in [-0.2, -0.15) is 0 Å². The Morgan fingerprint density at radius 1 is 1.62 bits per heavy atom. The molecule has 4 nitrogen and oxygen atoms in total. The van der Waals surface area contributed by atoms with Crippen LogP contribution in [0.3, 0.4) is 0 Å². The topological polar surface area (TPSA) is 53.7 Å². The van der Waals surface area contributed by atoms with Crippen LogP contribution in [0.5, 0.6) is 0 Å². The molecule has 0 bridgehead atoms. The van der Waals surface area contributed by atoms with E-state index in [1.165, 1.54) is 0 Å². The lowest BCUT2D eigenvalue weighted by Crippen LogP contribution is -2.38. The SMILES string of the molecule is Cc1ccc(CN2CCCC(C(=O)O)C2)o1. The molecule has 0 saturated carbocycles. The van der Waals surface area contributed by atoms with Crippen LogP contribution in [0.25, 0.3) is 0 Å². The molecule has 1 aromatic rings. The molecule has 0 radical (unpaired) electrons. The zero-order chi connectivity index (χ0) is 11.5. The minimum absolute atomic E-state index is 0.218. The number of rotatable bonds is 3. The molecule has 16 heavy (non-hydrogen) atoms. The monoisotopic (exact) mass is 223 g/mol. The zero-order valence-corrected chi connectivity index (χ0v) is 9.48. The van der Waals surface area contributed by atoms with Crippen LogP contribution in [-0.2, 0) is 11.3 Å². The van der Waals surface area contributed by atoms with Gasteiger partial charge >= 0.3 is 5.97 Å². The Bertz CT molecular complexity index is 372. The fourth-order valence-electron chi connectivity index (χ4n) is 2.19. The van der Waals surface area contributed by atoms with Crippen molar-refractivity contribution >= 4 is 5.97 Å². The molecule has 1 saturated heterocycles. The molecule has 0 aliphatic carbocycles. The number of likely N-dealkylation sites (tertiary alicyclic amines) is 1. The van der Waals surface area contributed by atoms with Crippen molar-refractivity contribution in [2.75, 3.05) is 13.1 Å². The van der Waals surface area contributed by atoms with E-state index in [2.05, 4.69) is 4.90 Å². The van der Waals surface area contributed by atoms with Gasteiger partial charge in [-0.3, -0.25) is 9.69 Å². The molecule has 0 amide bonds. The van der Waals surface area contributed by atoms with Gasteiger partial charge in [0.05, 0.1) is 12.5 Å². The quantitative estimate of drug-likeness (QED) is 0.850. The average molecular weight is 223 g/mol. The van der Waals surface area contributed by atoms with Crippen LogP contribution in [0.15, 0.2) is 16.5 Å². The first-order valence-electron chi connectivity index (χ1n) is 5.65. The van der Waals surface area contributed by atoms with E-state index in [-0.39, 0.29) is 5.92 Å². The van der Waals surface area contributed by atoms with E-state index in [1.54, 1.807) is 0 Å². The van der Waals surface area contributed by atoms with Gasteiger partial charge in [-0.25, -0.2) is 0 Å². The fraction of sp³-hybridized carbons (Fsp3) is 0.583. The van der Waals surface area contributed by atoms with Crippen molar-refractivity contribution < 1.29 is 14.3 Å². The standard InChI is InChI=1S/C12H17NO3/c1-9-4-5-11(16-9)8-13-6-2-3-10(7-13)12(14)15/h4-5,10H,2-3,6-8H2,1H3,(H,14,15). The highest BCUT2D eigenvalue weighted by atomic mass is 16.4. The van der Waals surface area contributed by atoms with E-state index in [0.29, 0.717) is 6.54 Å². The maximum absolute atomic E-state index is 10.9. The smallest absolute Gasteiger partial charge is 0.307 e. The van der Waals surface area contributed by atoms with E-state index < -0.39 is 5.97 Å². The first-order valence-corrected chi connectivity index (χ1v) is 5.65. The Balaban J connectivity index is 1.92. The lowest BCUT2D eigenvalue weighted by atomic mass is 9.98. The second-order valence-electron chi connectivity index (χ2n) is 4.42. The van der Waals surface area contributed by atoms with Gasteiger partial charge in [-0.05, 0) is 38.4 Å². The number of nitrogens with zero attached hydrogens (tertiary/aromatic N) is 1. The van der Waals surface area contributed by atoms with Crippen molar-refractivity contribution in [2.24, 2.45) is 5.92 Å². The molecule has 1 aromatic heterocycles. The van der Waals surface area contributed by atoms with Gasteiger partial charge < -0.3 is 9.52 Å². The predicted octanol–water partition coefficient (Wildman–Crippen LogP) is 1.88. The second-order valence-corrected chi connectivity index (χ2v) is 4.42. The molecular weight excluding hydrogens is 206 g/mol. The van der Waals surface area contributed by atoms with E-state index >= 15 is 0 Å². The molecule has 88 valence electrons. The minimum atomic E-state index is -0.680. The third kappa shape index (κ3) is 2.64. The molecule has 1 atom stereocenters. The summed E-state index contributed by atoms with van der Waals surface area (Å²) in [5, 5.41) is 8.98. The second kappa shape index (κ2) is 4.70. The van der Waals surface area contributed by atoms with E-state index in [4.69, 9.17) is 9.52 Å². The molecule has 0 aromatic carbocycles. The third-order valence-electron chi connectivity index (χ3n) is 3.03. The third-order valence-corrected chi connectivity index (χ3v) is 3.03. The van der Waals surface area contributed by atoms with Crippen molar-refractivity contribution in [3.8, 4) is 0 Å². The largest absolute Gasteiger partial charge is 0.481 e. The predicted molar refractivity (Wildman–Crippen MR) is 59.1 cm³/mol. The lowest BCUT2D eigenvalue weighted by Gasteiger charge is -2.29. The van der Waals surface area contributed by atoms with Crippen molar-refractivity contribution in [3.05, 3.63) is 23.7 Å². The van der Waals surface area contributed by atoms with Crippen LogP contribution in [-0.4, -0.2) is 29.1 Å². The number of furan rings is 1. The summed E-state index contributed by atoms with van der Waals surface area (Å²) in [6, 6.07) is 3.90. The fourth-order valence-corrected chi connectivity index (χ4v) is 2.19. The van der Waals surface area contributed by atoms with Gasteiger partial charge in [-0.15, -0.1) is 0 Å². The Morgan fingerprint density at radius 3 is 3.06 bits per heavy atom. The van der Waals surface area contributed by atoms with E-state index in [0.717, 1.165) is 37.5 Å². The van der Waals surface area contributed by atoms with Crippen molar-refractivity contribution in [3.63, 3.8) is 0 Å². The van der Waals surface area contributed by atoms with Gasteiger partial charge in [0.15, 0.2) is 0 Å². The summed E-state index contributed by atoms with van der Waals surface area (Å²) in [6.07, 6.45) is 1.75. The first-order chi connectivity index (χ1) is 7.65. The highest BCUT2D eigenvalue weighted by Gasteiger charge is 2.25. The number of hydrogen-bond acceptors (Lipinski definition) is 3. The number of carboxylic acid groups (broad SMARTS) is 1. The summed E-state index contributed by atoms with van der Waals surface area (Å²) in [5.74, 6) is 0.926. The van der Waals surface area contributed by atoms with E-state index in [1.807, 2.05) is 19.1 Å². The van der Waals surface area contributed by atoms with Gasteiger partial charge in [0.2, 0.25) is 0 Å². The van der Waals surface area contributed by atoms with E-state index in [9.17, 15) is 4.79 Å². The summed E-state index contributed by atoms with van der Waals surface area (Å²) in [6.45, 7) is 4.23. The number of piperidine rings is 1. The molecule has 1 aliphatic heterocycles. The molecular formula is C12H17NO3. The Labute approximate surface area is 94.9 Å². The average Bonchev–Trinajstić information content (AvgIpc) is 2.64. The molecule has 1 aliphatic rings. The van der Waals surface area contributed by atoms with Crippen LogP contribution < -0.4 is 0 Å². The van der Waals surface area contributed by atoms with Gasteiger partial charge in [-0.1, -0.05) is 0 Å². The van der Waals surface area contributed by atoms with Gasteiger partial charge in [0.25, 0.3) is 0 Å². The Hall–Kier alpha value is -1.29. The molecule has 1 N–H and O–H groups in total. The van der Waals surface area contributed by atoms with Gasteiger partial charge in [0.1, 0.15) is 11.5 Å². The summed E-state index contributed by atoms with van der Waals surface area (Å²) < 4.78 is 5.49. The molecule has 4 heteroatoms. The molecule has 2 heterocycles. The highest BCUT2D eigenvalue weighted by molar-refractivity contribution is 5.70. The van der Waals surface area contributed by atoms with Crippen LogP contribution in [0, 0.1) is 12.8 Å². The number of carboxylic acids is 1. The number of carbonyl (C=O) groups is 1. The lowest BCUT2D eigenvalue weighted by molar-refractivity contribution is -0.143. The summed E-state index contributed by atoms with van der Waals surface area (Å²) >= 11 is 0. The maximum atomic E-state index is 10.9. The molecule has 2 rings (SSSR count). The normalized spacial score (nSPS) is 22.2. The highest BCUT2D eigenvalue weighted by Crippen LogP contribution is 2.19. The van der Waals surface area contributed by atoms with Crippen LogP contribution >= 0.6 is 0 Å². The Kier molecular flexibility index (Phi) is 3.29. The van der Waals surface area contributed by atoms with Crippen LogP contribution in [0.2, 0.25) is 0 Å². The maximum Gasteiger partial charge on any atom is 0.307 e. The van der Waals surface area contributed by atoms with Crippen molar-refractivity contribution in [1.29, 1.82) is 0 Å². The number of aliphatic carboxylic acids is 1. The van der Waals surface area contributed by atoms with Crippen LogP contribution in [0.1, 0.15) is 24.4 Å². The number of aryl methyl sites for hydroxylation is 1. The minimum Gasteiger partial charge on any atom is -0.481 e. The van der Waals surface area contributed by atoms with Crippen LogP contribution in [0.4, 0.5) is 0 Å². The van der Waals surface area contributed by atoms with Crippen molar-refractivity contribution in [1.82, 2.24) is 4.90 Å².